The Morgan fingerprint density at radius 2 is 2.08 bits per heavy atom. The maximum absolute atomic E-state index is 10.0. The molecule has 0 N–H and O–H groups in total. The highest BCUT2D eigenvalue weighted by atomic mass is 16.5. The molecule has 0 aromatic heterocycles. The van der Waals surface area contributed by atoms with Gasteiger partial charge in [-0.15, -0.1) is 0 Å². The molecule has 0 aliphatic carbocycles. The van der Waals surface area contributed by atoms with Gasteiger partial charge in [-0.2, -0.15) is 10.5 Å². The minimum absolute atomic E-state index is 0.163. The van der Waals surface area contributed by atoms with Crippen molar-refractivity contribution < 1.29 is 9.53 Å². The van der Waals surface area contributed by atoms with Crippen LogP contribution in [0.3, 0.4) is 0 Å². The molecule has 0 fully saturated rings. The predicted molar refractivity (Wildman–Crippen MR) is 42.6 cm³/mol. The Morgan fingerprint density at radius 3 is 2.62 bits per heavy atom. The van der Waals surface area contributed by atoms with Gasteiger partial charge in [0.15, 0.2) is 0 Å². The molecule has 1 aromatic carbocycles. The summed E-state index contributed by atoms with van der Waals surface area (Å²) >= 11 is 0. The Bertz CT molecular complexity index is 413. The van der Waals surface area contributed by atoms with Crippen molar-refractivity contribution in [3.05, 3.63) is 29.3 Å². The maximum Gasteiger partial charge on any atom is 0.298 e. The van der Waals surface area contributed by atoms with Crippen molar-refractivity contribution in [1.29, 1.82) is 10.5 Å². The molecule has 0 bridgehead atoms. The lowest BCUT2D eigenvalue weighted by Gasteiger charge is -1.99. The van der Waals surface area contributed by atoms with Crippen molar-refractivity contribution in [3.63, 3.8) is 0 Å². The zero-order valence-electron chi connectivity index (χ0n) is 6.52. The van der Waals surface area contributed by atoms with Gasteiger partial charge in [0.25, 0.3) is 6.47 Å². The minimum Gasteiger partial charge on any atom is -0.427 e. The van der Waals surface area contributed by atoms with Crippen LogP contribution in [-0.4, -0.2) is 6.47 Å². The van der Waals surface area contributed by atoms with Gasteiger partial charge in [0.2, 0.25) is 0 Å². The van der Waals surface area contributed by atoms with Crippen molar-refractivity contribution in [1.82, 2.24) is 0 Å². The first-order chi connectivity index (χ1) is 6.31. The molecule has 0 aliphatic heterocycles. The molecule has 0 radical (unpaired) electrons. The second-order valence-corrected chi connectivity index (χ2v) is 2.15. The molecule has 4 heteroatoms. The quantitative estimate of drug-likeness (QED) is 0.623. The third-order valence-electron chi connectivity index (χ3n) is 1.40. The lowest BCUT2D eigenvalue weighted by molar-refractivity contribution is -0.120. The summed E-state index contributed by atoms with van der Waals surface area (Å²) in [4.78, 5) is 10.0. The lowest BCUT2D eigenvalue weighted by Crippen LogP contribution is -1.92. The molecular formula is C9H4N2O2. The first-order valence-corrected chi connectivity index (χ1v) is 3.36. The Labute approximate surface area is 74.6 Å². The molecule has 1 aromatic rings. The lowest BCUT2D eigenvalue weighted by atomic mass is 10.1. The van der Waals surface area contributed by atoms with E-state index in [9.17, 15) is 4.79 Å². The van der Waals surface area contributed by atoms with Crippen molar-refractivity contribution in [2.24, 2.45) is 0 Å². The van der Waals surface area contributed by atoms with Gasteiger partial charge in [-0.3, -0.25) is 4.79 Å². The highest BCUT2D eigenvalue weighted by Gasteiger charge is 2.03. The molecule has 0 amide bonds. The summed E-state index contributed by atoms with van der Waals surface area (Å²) < 4.78 is 4.51. The Morgan fingerprint density at radius 1 is 1.31 bits per heavy atom. The van der Waals surface area contributed by atoms with E-state index in [0.29, 0.717) is 5.56 Å². The zero-order valence-corrected chi connectivity index (χ0v) is 6.52. The van der Waals surface area contributed by atoms with E-state index in [1.165, 1.54) is 18.2 Å². The average molecular weight is 172 g/mol. The van der Waals surface area contributed by atoms with Crippen LogP contribution >= 0.6 is 0 Å². The van der Waals surface area contributed by atoms with Crippen LogP contribution in [0.25, 0.3) is 0 Å². The molecule has 4 nitrogen and oxygen atoms in total. The highest BCUT2D eigenvalue weighted by Crippen LogP contribution is 2.18. The number of carbonyl (C=O) groups excluding carboxylic acids is 1. The fourth-order valence-electron chi connectivity index (χ4n) is 0.842. The number of carbonyl (C=O) groups is 1. The van der Waals surface area contributed by atoms with Crippen LogP contribution in [0.15, 0.2) is 18.2 Å². The standard InChI is InChI=1S/C9H4N2O2/c10-4-7-1-2-9(13-6-12)8(3-7)5-11/h1-3,6H. The molecule has 0 spiro atoms. The number of ether oxygens (including phenoxy) is 1. The first-order valence-electron chi connectivity index (χ1n) is 3.36. The minimum atomic E-state index is 0.163. The smallest absolute Gasteiger partial charge is 0.298 e. The van der Waals surface area contributed by atoms with Gasteiger partial charge in [0.1, 0.15) is 11.8 Å². The summed E-state index contributed by atoms with van der Waals surface area (Å²) in [5.74, 6) is 0.163. The van der Waals surface area contributed by atoms with Gasteiger partial charge < -0.3 is 4.74 Å². The molecule has 0 unspecified atom stereocenters. The third kappa shape index (κ3) is 1.82. The van der Waals surface area contributed by atoms with Crippen molar-refractivity contribution in [2.75, 3.05) is 0 Å². The molecule has 0 saturated carbocycles. The third-order valence-corrected chi connectivity index (χ3v) is 1.40. The summed E-state index contributed by atoms with van der Waals surface area (Å²) in [7, 11) is 0. The summed E-state index contributed by atoms with van der Waals surface area (Å²) in [6.45, 7) is 0.238. The van der Waals surface area contributed by atoms with Gasteiger partial charge in [-0.05, 0) is 18.2 Å². The Kier molecular flexibility index (Phi) is 2.62. The van der Waals surface area contributed by atoms with Gasteiger partial charge in [-0.25, -0.2) is 0 Å². The van der Waals surface area contributed by atoms with Crippen molar-refractivity contribution in [2.45, 2.75) is 0 Å². The van der Waals surface area contributed by atoms with Gasteiger partial charge in [-0.1, -0.05) is 0 Å². The molecule has 0 heterocycles. The van der Waals surface area contributed by atoms with Crippen LogP contribution in [0.1, 0.15) is 11.1 Å². The van der Waals surface area contributed by atoms with Crippen molar-refractivity contribution >= 4 is 6.47 Å². The normalized spacial score (nSPS) is 8.15. The first kappa shape index (κ1) is 8.76. The van der Waals surface area contributed by atoms with E-state index in [0.717, 1.165) is 0 Å². The fourth-order valence-corrected chi connectivity index (χ4v) is 0.842. The van der Waals surface area contributed by atoms with E-state index >= 15 is 0 Å². The van der Waals surface area contributed by atoms with E-state index in [1.54, 1.807) is 0 Å². The number of nitriles is 2. The number of nitrogens with zero attached hydrogens (tertiary/aromatic N) is 2. The van der Waals surface area contributed by atoms with E-state index in [1.807, 2.05) is 12.1 Å². The number of hydrogen-bond acceptors (Lipinski definition) is 4. The van der Waals surface area contributed by atoms with E-state index in [-0.39, 0.29) is 17.8 Å². The fraction of sp³-hybridized carbons (Fsp3) is 0. The number of hydrogen-bond donors (Lipinski definition) is 0. The van der Waals surface area contributed by atoms with Crippen LogP contribution in [0.5, 0.6) is 5.75 Å². The molecule has 0 atom stereocenters. The van der Waals surface area contributed by atoms with Crippen LogP contribution in [0.2, 0.25) is 0 Å². The van der Waals surface area contributed by atoms with Gasteiger partial charge >= 0.3 is 0 Å². The molecule has 62 valence electrons. The SMILES string of the molecule is N#Cc1ccc(OC=O)c(C#N)c1. The monoisotopic (exact) mass is 172 g/mol. The van der Waals surface area contributed by atoms with E-state index in [4.69, 9.17) is 10.5 Å². The number of rotatable bonds is 2. The molecule has 0 aliphatic rings. The predicted octanol–water partition coefficient (Wildman–Crippen LogP) is 0.965. The number of benzene rings is 1. The van der Waals surface area contributed by atoms with Crippen LogP contribution in [-0.2, 0) is 4.79 Å². The van der Waals surface area contributed by atoms with Gasteiger partial charge in [0, 0.05) is 0 Å². The summed E-state index contributed by atoms with van der Waals surface area (Å²) in [6.07, 6.45) is 0. The summed E-state index contributed by atoms with van der Waals surface area (Å²) in [5, 5.41) is 17.1. The molecule has 1 rings (SSSR count). The Hall–Kier alpha value is -2.33. The molecule has 13 heavy (non-hydrogen) atoms. The van der Waals surface area contributed by atoms with E-state index < -0.39 is 0 Å². The second kappa shape index (κ2) is 3.89. The van der Waals surface area contributed by atoms with Crippen LogP contribution < -0.4 is 4.74 Å². The van der Waals surface area contributed by atoms with Crippen LogP contribution in [0.4, 0.5) is 0 Å². The largest absolute Gasteiger partial charge is 0.427 e. The summed E-state index contributed by atoms with van der Waals surface area (Å²) in [5.41, 5.74) is 0.529. The maximum atomic E-state index is 10.0. The topological polar surface area (TPSA) is 73.9 Å². The van der Waals surface area contributed by atoms with Gasteiger partial charge in [0.05, 0.1) is 17.2 Å². The van der Waals surface area contributed by atoms with Crippen LogP contribution in [0, 0.1) is 22.7 Å². The Balaban J connectivity index is 3.19. The highest BCUT2D eigenvalue weighted by molar-refractivity contribution is 5.54. The molecular weight excluding hydrogens is 168 g/mol. The second-order valence-electron chi connectivity index (χ2n) is 2.15. The zero-order chi connectivity index (χ0) is 9.68. The van der Waals surface area contributed by atoms with Crippen molar-refractivity contribution in [3.8, 4) is 17.9 Å². The average Bonchev–Trinajstić information content (AvgIpc) is 2.19. The van der Waals surface area contributed by atoms with E-state index in [2.05, 4.69) is 4.74 Å². The summed E-state index contributed by atoms with van der Waals surface area (Å²) in [6, 6.07) is 7.94. The molecule has 0 saturated heterocycles.